The molecule has 0 aromatic heterocycles. The minimum Gasteiger partial charge on any atom is -0.314 e. The smallest absolute Gasteiger partial charge is 0.288 e. The Labute approximate surface area is 115 Å². The van der Waals surface area contributed by atoms with Gasteiger partial charge in [0.05, 0.1) is 11.0 Å². The van der Waals surface area contributed by atoms with Crippen molar-refractivity contribution in [3.63, 3.8) is 0 Å². The maximum atomic E-state index is 13.3. The summed E-state index contributed by atoms with van der Waals surface area (Å²) in [7, 11) is 0. The van der Waals surface area contributed by atoms with Crippen LogP contribution in [0.5, 0.6) is 0 Å². The van der Waals surface area contributed by atoms with Crippen molar-refractivity contribution in [2.45, 2.75) is 6.04 Å². The Balaban J connectivity index is 2.27. The topological polar surface area (TPSA) is 58.4 Å². The van der Waals surface area contributed by atoms with Gasteiger partial charge in [-0.25, -0.2) is 4.39 Å². The van der Waals surface area contributed by atoms with Gasteiger partial charge < -0.3 is 5.32 Å². The Morgan fingerprint density at radius 2 is 2.16 bits per heavy atom. The fraction of sp³-hybridized carbons (Fsp3) is 0.500. The SMILES string of the molecule is O=[N+]([O-])c1cc([C@@H](CF)N2CCNCC2)ccc1Cl. The van der Waals surface area contributed by atoms with E-state index >= 15 is 0 Å². The second kappa shape index (κ2) is 6.27. The Kier molecular flexibility index (Phi) is 4.68. The Hall–Kier alpha value is -1.24. The predicted molar refractivity (Wildman–Crippen MR) is 71.3 cm³/mol. The van der Waals surface area contributed by atoms with Gasteiger partial charge in [-0.3, -0.25) is 15.0 Å². The number of piperazine rings is 1. The van der Waals surface area contributed by atoms with Crippen LogP contribution in [0.15, 0.2) is 18.2 Å². The lowest BCUT2D eigenvalue weighted by Gasteiger charge is -2.33. The van der Waals surface area contributed by atoms with Crippen molar-refractivity contribution in [1.82, 2.24) is 10.2 Å². The molecule has 0 bridgehead atoms. The summed E-state index contributed by atoms with van der Waals surface area (Å²) in [6.45, 7) is 2.48. The Bertz CT molecular complexity index is 466. The van der Waals surface area contributed by atoms with Crippen LogP contribution in [0, 0.1) is 10.1 Å². The van der Waals surface area contributed by atoms with E-state index in [1.54, 1.807) is 6.07 Å². The lowest BCUT2D eigenvalue weighted by atomic mass is 10.0. The minimum atomic E-state index is -0.571. The molecule has 0 amide bonds. The number of nitro benzene ring substituents is 1. The van der Waals surface area contributed by atoms with Crippen LogP contribution in [0.25, 0.3) is 0 Å². The van der Waals surface area contributed by atoms with Gasteiger partial charge in [0.1, 0.15) is 11.7 Å². The molecule has 1 atom stereocenters. The number of rotatable bonds is 4. The largest absolute Gasteiger partial charge is 0.314 e. The van der Waals surface area contributed by atoms with Gasteiger partial charge in [0.15, 0.2) is 0 Å². The van der Waals surface area contributed by atoms with Gasteiger partial charge in [0.2, 0.25) is 0 Å². The van der Waals surface area contributed by atoms with Gasteiger partial charge in [0, 0.05) is 32.2 Å². The van der Waals surface area contributed by atoms with Gasteiger partial charge >= 0.3 is 0 Å². The number of halogens is 2. The maximum Gasteiger partial charge on any atom is 0.288 e. The summed E-state index contributed by atoms with van der Waals surface area (Å²) in [4.78, 5) is 12.3. The van der Waals surface area contributed by atoms with E-state index in [0.29, 0.717) is 5.56 Å². The highest BCUT2D eigenvalue weighted by Crippen LogP contribution is 2.30. The second-order valence-electron chi connectivity index (χ2n) is 4.42. The monoisotopic (exact) mass is 287 g/mol. The van der Waals surface area contributed by atoms with E-state index in [4.69, 9.17) is 11.6 Å². The molecule has 7 heteroatoms. The fourth-order valence-corrected chi connectivity index (χ4v) is 2.45. The molecule has 1 saturated heterocycles. The number of nitro groups is 1. The third-order valence-electron chi connectivity index (χ3n) is 3.29. The maximum absolute atomic E-state index is 13.3. The predicted octanol–water partition coefficient (Wildman–Crippen LogP) is 2.16. The average Bonchev–Trinajstić information content (AvgIpc) is 2.42. The third-order valence-corrected chi connectivity index (χ3v) is 3.61. The molecule has 1 aromatic rings. The molecule has 1 N–H and O–H groups in total. The number of hydrogen-bond donors (Lipinski definition) is 1. The molecule has 1 heterocycles. The van der Waals surface area contributed by atoms with Gasteiger partial charge in [-0.1, -0.05) is 17.7 Å². The van der Waals surface area contributed by atoms with Crippen LogP contribution in [0.3, 0.4) is 0 Å². The van der Waals surface area contributed by atoms with E-state index in [1.807, 2.05) is 4.90 Å². The molecule has 5 nitrogen and oxygen atoms in total. The third kappa shape index (κ3) is 3.20. The highest BCUT2D eigenvalue weighted by atomic mass is 35.5. The zero-order valence-electron chi connectivity index (χ0n) is 10.3. The first-order chi connectivity index (χ1) is 9.13. The summed E-state index contributed by atoms with van der Waals surface area (Å²) < 4.78 is 13.3. The van der Waals surface area contributed by atoms with Crippen LogP contribution in [0.2, 0.25) is 5.02 Å². The van der Waals surface area contributed by atoms with Crippen molar-refractivity contribution in [2.24, 2.45) is 0 Å². The molecule has 1 fully saturated rings. The molecular weight excluding hydrogens is 273 g/mol. The standard InChI is InChI=1S/C12H15ClFN3O2/c13-10-2-1-9(7-11(10)17(18)19)12(8-14)16-5-3-15-4-6-16/h1-2,7,12,15H,3-6,8H2/t12-/m1/s1. The lowest BCUT2D eigenvalue weighted by Crippen LogP contribution is -2.45. The molecule has 0 spiro atoms. The molecular formula is C12H15ClFN3O2. The molecule has 0 radical (unpaired) electrons. The summed E-state index contributed by atoms with van der Waals surface area (Å²) in [5.74, 6) is 0. The van der Waals surface area contributed by atoms with Crippen molar-refractivity contribution in [1.29, 1.82) is 0 Å². The first kappa shape index (κ1) is 14.2. The highest BCUT2D eigenvalue weighted by Gasteiger charge is 2.24. The summed E-state index contributed by atoms with van der Waals surface area (Å²) in [6, 6.07) is 4.04. The molecule has 19 heavy (non-hydrogen) atoms. The molecule has 0 aliphatic carbocycles. The van der Waals surface area contributed by atoms with Crippen molar-refractivity contribution in [3.8, 4) is 0 Å². The van der Waals surface area contributed by atoms with Gasteiger partial charge in [-0.05, 0) is 11.6 Å². The number of benzene rings is 1. The summed E-state index contributed by atoms with van der Waals surface area (Å²) in [5, 5.41) is 14.1. The van der Waals surface area contributed by atoms with E-state index in [9.17, 15) is 14.5 Å². The van der Waals surface area contributed by atoms with Gasteiger partial charge in [-0.2, -0.15) is 0 Å². The number of nitrogens with zero attached hydrogens (tertiary/aromatic N) is 2. The Morgan fingerprint density at radius 3 is 2.74 bits per heavy atom. The van der Waals surface area contributed by atoms with Crippen LogP contribution in [0.4, 0.5) is 10.1 Å². The number of alkyl halides is 1. The van der Waals surface area contributed by atoms with Crippen molar-refractivity contribution >= 4 is 17.3 Å². The van der Waals surface area contributed by atoms with Crippen molar-refractivity contribution < 1.29 is 9.31 Å². The number of hydrogen-bond acceptors (Lipinski definition) is 4. The zero-order chi connectivity index (χ0) is 13.8. The molecule has 0 saturated carbocycles. The van der Waals surface area contributed by atoms with E-state index in [2.05, 4.69) is 5.32 Å². The van der Waals surface area contributed by atoms with Crippen LogP contribution < -0.4 is 5.32 Å². The first-order valence-electron chi connectivity index (χ1n) is 6.08. The molecule has 2 rings (SSSR count). The lowest BCUT2D eigenvalue weighted by molar-refractivity contribution is -0.384. The fourth-order valence-electron chi connectivity index (χ4n) is 2.27. The minimum absolute atomic E-state index is 0.0756. The Morgan fingerprint density at radius 1 is 1.47 bits per heavy atom. The molecule has 0 unspecified atom stereocenters. The quantitative estimate of drug-likeness (QED) is 0.681. The summed E-state index contributed by atoms with van der Waals surface area (Å²) in [6.07, 6.45) is 0. The van der Waals surface area contributed by atoms with Crippen LogP contribution in [-0.4, -0.2) is 42.7 Å². The van der Waals surface area contributed by atoms with E-state index in [-0.39, 0.29) is 10.7 Å². The van der Waals surface area contributed by atoms with Crippen LogP contribution in [0.1, 0.15) is 11.6 Å². The molecule has 1 aliphatic heterocycles. The molecule has 1 aliphatic rings. The van der Waals surface area contributed by atoms with E-state index < -0.39 is 17.6 Å². The summed E-state index contributed by atoms with van der Waals surface area (Å²) >= 11 is 5.77. The summed E-state index contributed by atoms with van der Waals surface area (Å²) in [5.41, 5.74) is 0.424. The van der Waals surface area contributed by atoms with Crippen molar-refractivity contribution in [2.75, 3.05) is 32.9 Å². The van der Waals surface area contributed by atoms with Crippen LogP contribution in [-0.2, 0) is 0 Å². The molecule has 1 aromatic carbocycles. The highest BCUT2D eigenvalue weighted by molar-refractivity contribution is 6.32. The second-order valence-corrected chi connectivity index (χ2v) is 4.83. The van der Waals surface area contributed by atoms with Gasteiger partial charge in [-0.15, -0.1) is 0 Å². The van der Waals surface area contributed by atoms with Crippen LogP contribution >= 0.6 is 11.6 Å². The average molecular weight is 288 g/mol. The normalized spacial score (nSPS) is 18.2. The zero-order valence-corrected chi connectivity index (χ0v) is 11.1. The van der Waals surface area contributed by atoms with Crippen molar-refractivity contribution in [3.05, 3.63) is 38.9 Å². The number of nitrogens with one attached hydrogen (secondary N) is 1. The van der Waals surface area contributed by atoms with E-state index in [0.717, 1.165) is 26.2 Å². The van der Waals surface area contributed by atoms with Gasteiger partial charge in [0.25, 0.3) is 5.69 Å². The molecule has 104 valence electrons. The van der Waals surface area contributed by atoms with E-state index in [1.165, 1.54) is 12.1 Å². The first-order valence-corrected chi connectivity index (χ1v) is 6.46.